The number of nitrogens with zero attached hydrogens (tertiary/aromatic N) is 3. The molecule has 4 rings (SSSR count). The second-order valence-electron chi connectivity index (χ2n) is 6.24. The molecule has 0 fully saturated rings. The number of hydrogen-bond acceptors (Lipinski definition) is 5. The summed E-state index contributed by atoms with van der Waals surface area (Å²) in [7, 11) is 0. The standard InChI is InChI=1S/C20H16ClFN4O2/c1-12(27)25-20-9-14(4-5-23-20)26-6-7-28-19-11-24-17(10-18(19)26)15-8-13(21)2-3-16(15)22/h2-5,8-11H,6-7H2,1H3,(H,23,25,27). The molecule has 0 spiro atoms. The van der Waals surface area contributed by atoms with Gasteiger partial charge in [0, 0.05) is 35.5 Å². The average molecular weight is 399 g/mol. The summed E-state index contributed by atoms with van der Waals surface area (Å²) in [5.41, 5.74) is 2.34. The summed E-state index contributed by atoms with van der Waals surface area (Å²) in [5, 5.41) is 3.10. The molecular weight excluding hydrogens is 383 g/mol. The van der Waals surface area contributed by atoms with Crippen LogP contribution in [0.25, 0.3) is 11.3 Å². The molecule has 28 heavy (non-hydrogen) atoms. The van der Waals surface area contributed by atoms with Crippen LogP contribution in [0.1, 0.15) is 6.92 Å². The Morgan fingerprint density at radius 1 is 1.25 bits per heavy atom. The molecule has 0 saturated heterocycles. The zero-order chi connectivity index (χ0) is 19.7. The molecule has 8 heteroatoms. The Balaban J connectivity index is 1.77. The van der Waals surface area contributed by atoms with Gasteiger partial charge in [-0.05, 0) is 30.3 Å². The molecule has 142 valence electrons. The Hall–Kier alpha value is -3.19. The zero-order valence-electron chi connectivity index (χ0n) is 14.9. The van der Waals surface area contributed by atoms with Crippen molar-refractivity contribution >= 4 is 34.7 Å². The van der Waals surface area contributed by atoms with Crippen molar-refractivity contribution in [1.82, 2.24) is 9.97 Å². The van der Waals surface area contributed by atoms with Gasteiger partial charge in [-0.3, -0.25) is 9.78 Å². The van der Waals surface area contributed by atoms with E-state index in [9.17, 15) is 9.18 Å². The van der Waals surface area contributed by atoms with Gasteiger partial charge in [0.25, 0.3) is 0 Å². The van der Waals surface area contributed by atoms with Crippen molar-refractivity contribution in [3.63, 3.8) is 0 Å². The highest BCUT2D eigenvalue weighted by molar-refractivity contribution is 6.30. The monoisotopic (exact) mass is 398 g/mol. The maximum absolute atomic E-state index is 14.3. The van der Waals surface area contributed by atoms with Gasteiger partial charge in [-0.25, -0.2) is 9.37 Å². The Labute approximate surface area is 165 Å². The lowest BCUT2D eigenvalue weighted by molar-refractivity contribution is -0.114. The van der Waals surface area contributed by atoms with Crippen LogP contribution in [-0.4, -0.2) is 29.0 Å². The van der Waals surface area contributed by atoms with Crippen molar-refractivity contribution < 1.29 is 13.9 Å². The Morgan fingerprint density at radius 2 is 2.11 bits per heavy atom. The van der Waals surface area contributed by atoms with Crippen LogP contribution in [0.5, 0.6) is 5.75 Å². The molecule has 3 heterocycles. The quantitative estimate of drug-likeness (QED) is 0.707. The number of rotatable bonds is 3. The predicted molar refractivity (Wildman–Crippen MR) is 106 cm³/mol. The minimum absolute atomic E-state index is 0.199. The average Bonchev–Trinajstić information content (AvgIpc) is 2.68. The van der Waals surface area contributed by atoms with E-state index in [1.807, 2.05) is 11.0 Å². The van der Waals surface area contributed by atoms with Crippen LogP contribution in [-0.2, 0) is 4.79 Å². The van der Waals surface area contributed by atoms with Gasteiger partial charge < -0.3 is 15.0 Å². The van der Waals surface area contributed by atoms with Gasteiger partial charge in [0.1, 0.15) is 18.2 Å². The summed E-state index contributed by atoms with van der Waals surface area (Å²) in [6.45, 7) is 2.48. The van der Waals surface area contributed by atoms with Crippen molar-refractivity contribution in [3.05, 3.63) is 59.6 Å². The number of carbonyl (C=O) groups excluding carboxylic acids is 1. The number of carbonyl (C=O) groups is 1. The number of pyridine rings is 2. The molecule has 1 N–H and O–H groups in total. The summed E-state index contributed by atoms with van der Waals surface area (Å²) in [4.78, 5) is 21.8. The minimum atomic E-state index is -0.406. The number of nitrogens with one attached hydrogen (secondary N) is 1. The van der Waals surface area contributed by atoms with Gasteiger partial charge in [0.15, 0.2) is 5.75 Å². The summed E-state index contributed by atoms with van der Waals surface area (Å²) < 4.78 is 20.0. The number of benzene rings is 1. The molecular formula is C20H16ClFN4O2. The van der Waals surface area contributed by atoms with E-state index >= 15 is 0 Å². The van der Waals surface area contributed by atoms with Gasteiger partial charge in [0.2, 0.25) is 5.91 Å². The van der Waals surface area contributed by atoms with E-state index in [0.29, 0.717) is 41.0 Å². The smallest absolute Gasteiger partial charge is 0.222 e. The first-order chi connectivity index (χ1) is 13.5. The Morgan fingerprint density at radius 3 is 2.93 bits per heavy atom. The molecule has 3 aromatic rings. The van der Waals surface area contributed by atoms with Crippen molar-refractivity contribution in [2.45, 2.75) is 6.92 Å². The van der Waals surface area contributed by atoms with Crippen LogP contribution in [0.15, 0.2) is 48.8 Å². The van der Waals surface area contributed by atoms with Gasteiger partial charge in [-0.2, -0.15) is 0 Å². The molecule has 0 atom stereocenters. The Bertz CT molecular complexity index is 1060. The van der Waals surface area contributed by atoms with Gasteiger partial charge in [0.05, 0.1) is 24.1 Å². The van der Waals surface area contributed by atoms with E-state index in [1.54, 1.807) is 30.6 Å². The highest BCUT2D eigenvalue weighted by Gasteiger charge is 2.22. The van der Waals surface area contributed by atoms with Crippen molar-refractivity contribution in [2.24, 2.45) is 0 Å². The number of hydrogen-bond donors (Lipinski definition) is 1. The molecule has 1 aliphatic heterocycles. The molecule has 1 aliphatic rings. The zero-order valence-corrected chi connectivity index (χ0v) is 15.7. The molecule has 1 amide bonds. The van der Waals surface area contributed by atoms with Crippen LogP contribution in [0, 0.1) is 5.82 Å². The molecule has 0 radical (unpaired) electrons. The maximum Gasteiger partial charge on any atom is 0.222 e. The SMILES string of the molecule is CC(=O)Nc1cc(N2CCOc3cnc(-c4cc(Cl)ccc4F)cc32)ccn1. The summed E-state index contributed by atoms with van der Waals surface area (Å²) in [5.74, 6) is 0.440. The lowest BCUT2D eigenvalue weighted by Gasteiger charge is -2.31. The van der Waals surface area contributed by atoms with Crippen molar-refractivity contribution in [3.8, 4) is 17.0 Å². The van der Waals surface area contributed by atoms with Gasteiger partial charge in [-0.1, -0.05) is 11.6 Å². The van der Waals surface area contributed by atoms with Crippen molar-refractivity contribution in [2.75, 3.05) is 23.4 Å². The fraction of sp³-hybridized carbons (Fsp3) is 0.150. The van der Waals surface area contributed by atoms with E-state index in [4.69, 9.17) is 16.3 Å². The lowest BCUT2D eigenvalue weighted by atomic mass is 10.1. The van der Waals surface area contributed by atoms with Crippen LogP contribution >= 0.6 is 11.6 Å². The molecule has 0 bridgehead atoms. The predicted octanol–water partition coefficient (Wildman–Crippen LogP) is 4.43. The van der Waals surface area contributed by atoms with E-state index < -0.39 is 5.82 Å². The van der Waals surface area contributed by atoms with Crippen LogP contribution < -0.4 is 15.0 Å². The second-order valence-corrected chi connectivity index (χ2v) is 6.68. The van der Waals surface area contributed by atoms with E-state index in [1.165, 1.54) is 19.1 Å². The number of ether oxygens (including phenoxy) is 1. The maximum atomic E-state index is 14.3. The van der Waals surface area contributed by atoms with Crippen molar-refractivity contribution in [1.29, 1.82) is 0 Å². The third kappa shape index (κ3) is 3.61. The van der Waals surface area contributed by atoms with Gasteiger partial charge in [-0.15, -0.1) is 0 Å². The van der Waals surface area contributed by atoms with Crippen LogP contribution in [0.3, 0.4) is 0 Å². The highest BCUT2D eigenvalue weighted by Crippen LogP contribution is 2.39. The van der Waals surface area contributed by atoms with E-state index in [0.717, 1.165) is 11.4 Å². The summed E-state index contributed by atoms with van der Waals surface area (Å²) >= 11 is 6.02. The number of halogens is 2. The molecule has 1 aromatic carbocycles. The highest BCUT2D eigenvalue weighted by atomic mass is 35.5. The van der Waals surface area contributed by atoms with Crippen LogP contribution in [0.4, 0.5) is 21.6 Å². The fourth-order valence-electron chi connectivity index (χ4n) is 3.07. The molecule has 0 unspecified atom stereocenters. The topological polar surface area (TPSA) is 67.4 Å². The lowest BCUT2D eigenvalue weighted by Crippen LogP contribution is -2.29. The fourth-order valence-corrected chi connectivity index (χ4v) is 3.24. The summed E-state index contributed by atoms with van der Waals surface area (Å²) in [6, 6.07) is 9.73. The number of fused-ring (bicyclic) bond motifs is 1. The largest absolute Gasteiger partial charge is 0.488 e. The molecule has 0 aliphatic carbocycles. The molecule has 0 saturated carbocycles. The van der Waals surface area contributed by atoms with E-state index in [-0.39, 0.29) is 5.91 Å². The third-order valence-electron chi connectivity index (χ3n) is 4.27. The normalized spacial score (nSPS) is 12.9. The first-order valence-corrected chi connectivity index (χ1v) is 8.98. The minimum Gasteiger partial charge on any atom is -0.488 e. The molecule has 6 nitrogen and oxygen atoms in total. The van der Waals surface area contributed by atoms with Crippen LogP contribution in [0.2, 0.25) is 5.02 Å². The van der Waals surface area contributed by atoms with Gasteiger partial charge >= 0.3 is 0 Å². The number of aromatic nitrogens is 2. The first-order valence-electron chi connectivity index (χ1n) is 8.61. The van der Waals surface area contributed by atoms with E-state index in [2.05, 4.69) is 15.3 Å². The third-order valence-corrected chi connectivity index (χ3v) is 4.51. The number of anilines is 3. The second kappa shape index (κ2) is 7.44. The first kappa shape index (κ1) is 18.2. The Kier molecular flexibility index (Phi) is 4.83. The molecule has 2 aromatic heterocycles. The summed E-state index contributed by atoms with van der Waals surface area (Å²) in [6.07, 6.45) is 3.20. The number of amides is 1.